The molecule has 2 aromatic heterocycles. The summed E-state index contributed by atoms with van der Waals surface area (Å²) in [6.45, 7) is 18.0. The average molecular weight is 622 g/mol. The molecule has 2 N–H and O–H groups in total. The molecule has 2 heterocycles. The predicted molar refractivity (Wildman–Crippen MR) is 163 cm³/mol. The van der Waals surface area contributed by atoms with Gasteiger partial charge in [-0.3, -0.25) is 4.79 Å². The van der Waals surface area contributed by atoms with Crippen molar-refractivity contribution in [1.29, 1.82) is 0 Å². The van der Waals surface area contributed by atoms with Crippen LogP contribution in [0.15, 0.2) is 6.33 Å². The first-order valence-electron chi connectivity index (χ1n) is 14.6. The number of imide groups is 1. The maximum atomic E-state index is 13.4. The van der Waals surface area contributed by atoms with E-state index in [0.29, 0.717) is 30.8 Å². The van der Waals surface area contributed by atoms with Gasteiger partial charge in [-0.15, -0.1) is 0 Å². The van der Waals surface area contributed by atoms with E-state index in [0.717, 1.165) is 6.42 Å². The quantitative estimate of drug-likeness (QED) is 0.191. The molecule has 0 radical (unpaired) electrons. The summed E-state index contributed by atoms with van der Waals surface area (Å²) in [5, 5.41) is 5.83. The van der Waals surface area contributed by atoms with Crippen LogP contribution in [0.25, 0.3) is 11.2 Å². The number of nitrogens with one attached hydrogen (secondary N) is 2. The average Bonchev–Trinajstić information content (AvgIpc) is 3.22. The molecular weight excluding hydrogens is 574 g/mol. The number of carbonyl (C=O) groups is 4. The number of carbonyl (C=O) groups excluding carboxylic acids is 4. The van der Waals surface area contributed by atoms with Gasteiger partial charge in [-0.1, -0.05) is 0 Å². The molecule has 0 atom stereocenters. The molecular formula is C29H47N7O8. The van der Waals surface area contributed by atoms with Gasteiger partial charge >= 0.3 is 24.2 Å². The molecule has 15 nitrogen and oxygen atoms in total. The number of anilines is 2. The van der Waals surface area contributed by atoms with Crippen molar-refractivity contribution in [3.05, 3.63) is 6.33 Å². The maximum absolute atomic E-state index is 13.4. The third-order valence-electron chi connectivity index (χ3n) is 5.22. The Kier molecular flexibility index (Phi) is 12.3. The highest BCUT2D eigenvalue weighted by Crippen LogP contribution is 2.28. The van der Waals surface area contributed by atoms with Gasteiger partial charge in [0, 0.05) is 13.1 Å². The fraction of sp³-hybridized carbons (Fsp3) is 0.690. The molecule has 0 bridgehead atoms. The summed E-state index contributed by atoms with van der Waals surface area (Å²) < 4.78 is 22.8. The minimum Gasteiger partial charge on any atom is -0.465 e. The van der Waals surface area contributed by atoms with Crippen LogP contribution in [0.1, 0.15) is 88.5 Å². The summed E-state index contributed by atoms with van der Waals surface area (Å²) in [5.41, 5.74) is -2.19. The summed E-state index contributed by atoms with van der Waals surface area (Å²) in [6.07, 6.45) is 1.01. The molecule has 2 aromatic rings. The molecule has 15 heteroatoms. The van der Waals surface area contributed by atoms with E-state index in [-0.39, 0.29) is 36.1 Å². The zero-order valence-electron chi connectivity index (χ0n) is 27.5. The van der Waals surface area contributed by atoms with E-state index in [1.54, 1.807) is 69.2 Å². The number of ether oxygens (including phenoxy) is 4. The van der Waals surface area contributed by atoms with Crippen molar-refractivity contribution >= 4 is 47.2 Å². The van der Waals surface area contributed by atoms with Crippen LogP contribution in [0.5, 0.6) is 0 Å². The Bertz CT molecular complexity index is 1280. The Hall–Kier alpha value is -4.17. The first kappa shape index (κ1) is 36.0. The normalized spacial score (nSPS) is 12.0. The Labute approximate surface area is 258 Å². The summed E-state index contributed by atoms with van der Waals surface area (Å²) in [6, 6.07) is 0. The van der Waals surface area contributed by atoms with Crippen molar-refractivity contribution in [2.24, 2.45) is 0 Å². The third-order valence-corrected chi connectivity index (χ3v) is 5.22. The van der Waals surface area contributed by atoms with Crippen LogP contribution < -0.4 is 15.5 Å². The lowest BCUT2D eigenvalue weighted by Gasteiger charge is -2.28. The van der Waals surface area contributed by atoms with Crippen LogP contribution in [-0.2, 0) is 30.3 Å². The second kappa shape index (κ2) is 15.0. The van der Waals surface area contributed by atoms with Crippen molar-refractivity contribution in [1.82, 2.24) is 24.8 Å². The molecule has 2 rings (SSSR count). The third kappa shape index (κ3) is 12.2. The lowest BCUT2D eigenvalue weighted by molar-refractivity contribution is -0.143. The van der Waals surface area contributed by atoms with Gasteiger partial charge in [0.15, 0.2) is 17.0 Å². The van der Waals surface area contributed by atoms with Crippen molar-refractivity contribution in [3.8, 4) is 0 Å². The van der Waals surface area contributed by atoms with Gasteiger partial charge in [0.05, 0.1) is 12.9 Å². The topological polar surface area (TPSA) is 176 Å². The van der Waals surface area contributed by atoms with Gasteiger partial charge in [-0.25, -0.2) is 19.4 Å². The summed E-state index contributed by atoms with van der Waals surface area (Å²) in [5.74, 6) is -0.607. The van der Waals surface area contributed by atoms with E-state index in [1.807, 2.05) is 0 Å². The Morgan fingerprint density at radius 1 is 0.818 bits per heavy atom. The molecule has 0 spiro atoms. The molecule has 0 saturated carbocycles. The van der Waals surface area contributed by atoms with Crippen molar-refractivity contribution < 1.29 is 38.1 Å². The molecule has 0 saturated heterocycles. The van der Waals surface area contributed by atoms with Crippen LogP contribution >= 0.6 is 0 Å². The van der Waals surface area contributed by atoms with E-state index in [9.17, 15) is 19.2 Å². The number of alkyl carbamates (subject to hydrolysis) is 1. The number of hydrogen-bond donors (Lipinski definition) is 2. The minimum absolute atomic E-state index is 0.0739. The number of esters is 1. The molecule has 0 aliphatic carbocycles. The highest BCUT2D eigenvalue weighted by Gasteiger charge is 2.36. The number of aromatic nitrogens is 4. The van der Waals surface area contributed by atoms with Crippen molar-refractivity contribution in [2.75, 3.05) is 29.9 Å². The smallest absolute Gasteiger partial charge is 0.425 e. The number of fused-ring (bicyclic) bond motifs is 1. The van der Waals surface area contributed by atoms with Gasteiger partial charge in [0.2, 0.25) is 5.95 Å². The van der Waals surface area contributed by atoms with Gasteiger partial charge in [-0.2, -0.15) is 14.9 Å². The highest BCUT2D eigenvalue weighted by molar-refractivity contribution is 6.12. The molecule has 0 aromatic carbocycles. The Morgan fingerprint density at radius 3 is 1.93 bits per heavy atom. The van der Waals surface area contributed by atoms with Crippen LogP contribution in [0.4, 0.5) is 26.1 Å². The first-order chi connectivity index (χ1) is 20.3. The Balaban J connectivity index is 2.35. The standard InChI is InChI=1S/C29H47N7O8/c1-11-41-19(37)17-35-18-32-20-21(35)33-23(30-15-13-12-14-16-31-24(38)42-27(2,3)4)34-22(20)36(25(39)43-28(5,6)7)26(40)44-29(8,9)10/h18H,11-17H2,1-10H3,(H,31,38)(H,30,33,34). The summed E-state index contributed by atoms with van der Waals surface area (Å²) in [7, 11) is 0. The molecule has 3 amide bonds. The lowest BCUT2D eigenvalue weighted by Crippen LogP contribution is -2.44. The number of rotatable bonds is 11. The predicted octanol–water partition coefficient (Wildman–Crippen LogP) is 5.17. The van der Waals surface area contributed by atoms with Crippen molar-refractivity contribution in [3.63, 3.8) is 0 Å². The summed E-state index contributed by atoms with van der Waals surface area (Å²) in [4.78, 5) is 64.8. The molecule has 0 aliphatic rings. The zero-order chi connectivity index (χ0) is 33.3. The van der Waals surface area contributed by atoms with E-state index < -0.39 is 41.1 Å². The number of nitrogens with zero attached hydrogens (tertiary/aromatic N) is 5. The molecule has 0 fully saturated rings. The second-order valence-electron chi connectivity index (χ2n) is 12.9. The van der Waals surface area contributed by atoms with Gasteiger partial charge in [-0.05, 0) is 88.5 Å². The molecule has 0 aliphatic heterocycles. The zero-order valence-corrected chi connectivity index (χ0v) is 27.5. The van der Waals surface area contributed by atoms with Gasteiger partial charge < -0.3 is 34.1 Å². The first-order valence-corrected chi connectivity index (χ1v) is 14.6. The fourth-order valence-electron chi connectivity index (χ4n) is 3.62. The van der Waals surface area contributed by atoms with Gasteiger partial charge in [0.1, 0.15) is 23.3 Å². The van der Waals surface area contributed by atoms with Crippen LogP contribution in [-0.4, -0.2) is 80.3 Å². The fourth-order valence-corrected chi connectivity index (χ4v) is 3.62. The van der Waals surface area contributed by atoms with Crippen LogP contribution in [0, 0.1) is 0 Å². The maximum Gasteiger partial charge on any atom is 0.425 e. The summed E-state index contributed by atoms with van der Waals surface area (Å²) >= 11 is 0. The van der Waals surface area contributed by atoms with Gasteiger partial charge in [0.25, 0.3) is 0 Å². The largest absolute Gasteiger partial charge is 0.465 e. The number of hydrogen-bond acceptors (Lipinski definition) is 12. The number of imidazole rings is 1. The molecule has 44 heavy (non-hydrogen) atoms. The molecule has 0 unspecified atom stereocenters. The van der Waals surface area contributed by atoms with E-state index in [2.05, 4.69) is 25.6 Å². The van der Waals surface area contributed by atoms with E-state index >= 15 is 0 Å². The van der Waals surface area contributed by atoms with E-state index in [4.69, 9.17) is 18.9 Å². The highest BCUT2D eigenvalue weighted by atomic mass is 16.6. The number of amides is 3. The van der Waals surface area contributed by atoms with Crippen molar-refractivity contribution in [2.45, 2.75) is 112 Å². The minimum atomic E-state index is -1.02. The monoisotopic (exact) mass is 621 g/mol. The second-order valence-corrected chi connectivity index (χ2v) is 12.9. The lowest BCUT2D eigenvalue weighted by atomic mass is 10.2. The Morgan fingerprint density at radius 2 is 1.39 bits per heavy atom. The van der Waals surface area contributed by atoms with Crippen LogP contribution in [0.3, 0.4) is 0 Å². The number of unbranched alkanes of at least 4 members (excludes halogenated alkanes) is 2. The van der Waals surface area contributed by atoms with E-state index in [1.165, 1.54) is 10.9 Å². The molecule has 246 valence electrons. The SMILES string of the molecule is CCOC(=O)Cn1cnc2c(N(C(=O)OC(C)(C)C)C(=O)OC(C)(C)C)nc(NCCCCCNC(=O)OC(C)(C)C)nc21. The van der Waals surface area contributed by atoms with Crippen LogP contribution in [0.2, 0.25) is 0 Å².